The topological polar surface area (TPSA) is 41.1 Å². The van der Waals surface area contributed by atoms with Crippen molar-refractivity contribution in [2.24, 2.45) is 5.92 Å². The molecule has 0 aliphatic carbocycles. The van der Waals surface area contributed by atoms with Crippen LogP contribution in [0.4, 0.5) is 5.69 Å². The Morgan fingerprint density at radius 2 is 1.48 bits per heavy atom. The molecule has 2 N–H and O–H groups in total. The van der Waals surface area contributed by atoms with E-state index in [1.165, 1.54) is 5.56 Å². The summed E-state index contributed by atoms with van der Waals surface area (Å²) in [6.07, 6.45) is 0.449. The molecule has 1 amide bonds. The smallest absolute Gasteiger partial charge is 0.225 e. The van der Waals surface area contributed by atoms with Gasteiger partial charge in [0.1, 0.15) is 0 Å². The van der Waals surface area contributed by atoms with Crippen molar-refractivity contribution in [3.63, 3.8) is 0 Å². The van der Waals surface area contributed by atoms with Gasteiger partial charge in [-0.15, -0.1) is 0 Å². The summed E-state index contributed by atoms with van der Waals surface area (Å²) in [5.74, 6) is 0.490. The molecule has 2 atom stereocenters. The third kappa shape index (κ3) is 5.53. The van der Waals surface area contributed by atoms with Crippen LogP contribution in [0, 0.1) is 5.92 Å². The number of rotatable bonds is 7. The highest BCUT2D eigenvalue weighted by Crippen LogP contribution is 2.22. The molecule has 2 aromatic carbocycles. The summed E-state index contributed by atoms with van der Waals surface area (Å²) in [5.41, 5.74) is 2.10. The molecule has 0 aliphatic rings. The summed E-state index contributed by atoms with van der Waals surface area (Å²) >= 11 is 0. The fraction of sp³-hybridized carbons (Fsp3) is 0.350. The standard InChI is InChI=1S/C20H26N2O/c1-15(2)20(17-10-6-4-7-11-17)21-16(3)14-19(23)22-18-12-8-5-9-13-18/h4-13,15-16,20-21H,14H2,1-3H3,(H,22,23)/t16-,20-/m1/s1. The number of carbonyl (C=O) groups excluding carboxylic acids is 1. The largest absolute Gasteiger partial charge is 0.326 e. The third-order valence-electron chi connectivity index (χ3n) is 3.84. The first-order chi connectivity index (χ1) is 11.1. The molecule has 3 nitrogen and oxygen atoms in total. The zero-order valence-electron chi connectivity index (χ0n) is 14.1. The van der Waals surface area contributed by atoms with Gasteiger partial charge in [-0.3, -0.25) is 4.79 Å². The highest BCUT2D eigenvalue weighted by Gasteiger charge is 2.19. The maximum absolute atomic E-state index is 12.2. The zero-order valence-corrected chi connectivity index (χ0v) is 14.1. The van der Waals surface area contributed by atoms with E-state index in [1.807, 2.05) is 36.4 Å². The summed E-state index contributed by atoms with van der Waals surface area (Å²) in [6, 6.07) is 20.3. The minimum Gasteiger partial charge on any atom is -0.326 e. The Balaban J connectivity index is 1.91. The fourth-order valence-electron chi connectivity index (χ4n) is 2.71. The van der Waals surface area contributed by atoms with Crippen LogP contribution in [0.15, 0.2) is 60.7 Å². The summed E-state index contributed by atoms with van der Waals surface area (Å²) in [4.78, 5) is 12.2. The molecule has 0 radical (unpaired) electrons. The monoisotopic (exact) mass is 310 g/mol. The first-order valence-corrected chi connectivity index (χ1v) is 8.22. The van der Waals surface area contributed by atoms with Crippen molar-refractivity contribution in [1.82, 2.24) is 5.32 Å². The Labute approximate surface area is 139 Å². The average Bonchev–Trinajstić information content (AvgIpc) is 2.54. The van der Waals surface area contributed by atoms with E-state index >= 15 is 0 Å². The lowest BCUT2D eigenvalue weighted by Crippen LogP contribution is -2.36. The van der Waals surface area contributed by atoms with Gasteiger partial charge in [0.15, 0.2) is 0 Å². The molecule has 23 heavy (non-hydrogen) atoms. The van der Waals surface area contributed by atoms with Crippen molar-refractivity contribution in [3.05, 3.63) is 66.2 Å². The number of amides is 1. The Morgan fingerprint density at radius 1 is 0.913 bits per heavy atom. The summed E-state index contributed by atoms with van der Waals surface area (Å²) in [7, 11) is 0. The molecule has 0 unspecified atom stereocenters. The van der Waals surface area contributed by atoms with Crippen LogP contribution in [0.3, 0.4) is 0 Å². The molecular weight excluding hydrogens is 284 g/mol. The third-order valence-corrected chi connectivity index (χ3v) is 3.84. The van der Waals surface area contributed by atoms with Crippen LogP contribution in [-0.2, 0) is 4.79 Å². The number of carbonyl (C=O) groups is 1. The molecule has 2 aromatic rings. The first-order valence-electron chi connectivity index (χ1n) is 8.22. The second-order valence-electron chi connectivity index (χ2n) is 6.32. The van der Waals surface area contributed by atoms with Crippen LogP contribution in [0.5, 0.6) is 0 Å². The van der Waals surface area contributed by atoms with Crippen molar-refractivity contribution in [3.8, 4) is 0 Å². The summed E-state index contributed by atoms with van der Waals surface area (Å²) < 4.78 is 0. The Hall–Kier alpha value is -2.13. The quantitative estimate of drug-likeness (QED) is 0.796. The van der Waals surface area contributed by atoms with E-state index in [0.29, 0.717) is 12.3 Å². The highest BCUT2D eigenvalue weighted by molar-refractivity contribution is 5.91. The number of benzene rings is 2. The van der Waals surface area contributed by atoms with Gasteiger partial charge in [-0.2, -0.15) is 0 Å². The van der Waals surface area contributed by atoms with Crippen molar-refractivity contribution in [1.29, 1.82) is 0 Å². The number of anilines is 1. The normalized spacial score (nSPS) is 13.6. The Bertz CT molecular complexity index is 596. The van der Waals surface area contributed by atoms with E-state index in [0.717, 1.165) is 5.69 Å². The zero-order chi connectivity index (χ0) is 16.7. The fourth-order valence-corrected chi connectivity index (χ4v) is 2.71. The first kappa shape index (κ1) is 17.2. The van der Waals surface area contributed by atoms with Crippen molar-refractivity contribution < 1.29 is 4.79 Å². The lowest BCUT2D eigenvalue weighted by molar-refractivity contribution is -0.116. The van der Waals surface area contributed by atoms with Gasteiger partial charge in [-0.1, -0.05) is 62.4 Å². The predicted octanol–water partition coefficient (Wildman–Crippen LogP) is 4.39. The number of hydrogen-bond donors (Lipinski definition) is 2. The molecule has 122 valence electrons. The van der Waals surface area contributed by atoms with E-state index in [9.17, 15) is 4.79 Å². The van der Waals surface area contributed by atoms with Crippen molar-refractivity contribution in [2.75, 3.05) is 5.32 Å². The van der Waals surface area contributed by atoms with Gasteiger partial charge >= 0.3 is 0 Å². The van der Waals surface area contributed by atoms with Gasteiger partial charge in [-0.05, 0) is 30.5 Å². The lowest BCUT2D eigenvalue weighted by atomic mass is 9.95. The van der Waals surface area contributed by atoms with Gasteiger partial charge in [0.2, 0.25) is 5.91 Å². The second kappa shape index (κ2) is 8.49. The van der Waals surface area contributed by atoms with Crippen LogP contribution >= 0.6 is 0 Å². The van der Waals surface area contributed by atoms with Crippen LogP contribution < -0.4 is 10.6 Å². The molecule has 0 fully saturated rings. The van der Waals surface area contributed by atoms with E-state index in [2.05, 4.69) is 55.7 Å². The van der Waals surface area contributed by atoms with Gasteiger partial charge in [0, 0.05) is 24.2 Å². The average molecular weight is 310 g/mol. The van der Waals surface area contributed by atoms with Crippen LogP contribution in [-0.4, -0.2) is 11.9 Å². The summed E-state index contributed by atoms with van der Waals surface area (Å²) in [6.45, 7) is 6.45. The molecule has 0 aromatic heterocycles. The summed E-state index contributed by atoms with van der Waals surface area (Å²) in [5, 5.41) is 6.52. The number of nitrogens with one attached hydrogen (secondary N) is 2. The molecule has 3 heteroatoms. The molecular formula is C20H26N2O. The van der Waals surface area contributed by atoms with Gasteiger partial charge in [0.05, 0.1) is 0 Å². The highest BCUT2D eigenvalue weighted by atomic mass is 16.1. The maximum Gasteiger partial charge on any atom is 0.225 e. The van der Waals surface area contributed by atoms with Gasteiger partial charge in [0.25, 0.3) is 0 Å². The molecule has 0 saturated carbocycles. The second-order valence-corrected chi connectivity index (χ2v) is 6.32. The number of para-hydroxylation sites is 1. The molecule has 0 spiro atoms. The predicted molar refractivity (Wildman–Crippen MR) is 96.3 cm³/mol. The van der Waals surface area contributed by atoms with Crippen LogP contribution in [0.1, 0.15) is 38.8 Å². The lowest BCUT2D eigenvalue weighted by Gasteiger charge is -2.27. The molecule has 0 aliphatic heterocycles. The van der Waals surface area contributed by atoms with E-state index in [-0.39, 0.29) is 18.0 Å². The van der Waals surface area contributed by atoms with Gasteiger partial charge in [-0.25, -0.2) is 0 Å². The molecule has 0 bridgehead atoms. The van der Waals surface area contributed by atoms with E-state index < -0.39 is 0 Å². The van der Waals surface area contributed by atoms with Gasteiger partial charge < -0.3 is 10.6 Å². The Morgan fingerprint density at radius 3 is 2.04 bits per heavy atom. The SMILES string of the molecule is CC(C)[C@@H](N[C@H](C)CC(=O)Nc1ccccc1)c1ccccc1. The van der Waals surface area contributed by atoms with Crippen molar-refractivity contribution >= 4 is 11.6 Å². The van der Waals surface area contributed by atoms with Crippen LogP contribution in [0.2, 0.25) is 0 Å². The molecule has 2 rings (SSSR count). The number of hydrogen-bond acceptors (Lipinski definition) is 2. The minimum absolute atomic E-state index is 0.0340. The van der Waals surface area contributed by atoms with Crippen molar-refractivity contribution in [2.45, 2.75) is 39.3 Å². The van der Waals surface area contributed by atoms with Crippen LogP contribution in [0.25, 0.3) is 0 Å². The molecule has 0 heterocycles. The molecule has 0 saturated heterocycles. The van der Waals surface area contributed by atoms with E-state index in [4.69, 9.17) is 0 Å². The minimum atomic E-state index is 0.0340. The van der Waals surface area contributed by atoms with E-state index in [1.54, 1.807) is 0 Å². The maximum atomic E-state index is 12.2. The Kier molecular flexibility index (Phi) is 6.36.